The van der Waals surface area contributed by atoms with Gasteiger partial charge in [0.2, 0.25) is 0 Å². The lowest BCUT2D eigenvalue weighted by Crippen LogP contribution is -2.27. The van der Waals surface area contributed by atoms with Gasteiger partial charge in [-0.05, 0) is 68.8 Å². The highest BCUT2D eigenvalue weighted by Crippen LogP contribution is 2.31. The number of benzene rings is 3. The molecule has 2 aromatic heterocycles. The van der Waals surface area contributed by atoms with Crippen LogP contribution in [0.3, 0.4) is 0 Å². The lowest BCUT2D eigenvalue weighted by molar-refractivity contribution is 0.0546. The van der Waals surface area contributed by atoms with Crippen LogP contribution in [0.1, 0.15) is 26.3 Å². The van der Waals surface area contributed by atoms with Crippen LogP contribution in [0.2, 0.25) is 5.02 Å². The molecule has 3 aromatic carbocycles. The smallest absolute Gasteiger partial charge is 0.420 e. The molecule has 0 bridgehead atoms. The average molecular weight is 624 g/mol. The molecule has 0 unspecified atom stereocenters. The van der Waals surface area contributed by atoms with Gasteiger partial charge in [-0.2, -0.15) is 5.10 Å². The molecule has 5 rings (SSSR count). The van der Waals surface area contributed by atoms with Crippen LogP contribution in [0.5, 0.6) is 11.5 Å². The highest BCUT2D eigenvalue weighted by molar-refractivity contribution is 7.92. The summed E-state index contributed by atoms with van der Waals surface area (Å²) in [6.07, 6.45) is -0.636. The van der Waals surface area contributed by atoms with Crippen molar-refractivity contribution >= 4 is 44.6 Å². The molecule has 0 radical (unpaired) electrons. The number of ether oxygens (including phenoxy) is 3. The van der Waals surface area contributed by atoms with E-state index >= 15 is 0 Å². The zero-order valence-corrected chi connectivity index (χ0v) is 25.7. The number of nitrogens with zero attached hydrogens (tertiary/aromatic N) is 4. The van der Waals surface area contributed by atoms with Crippen molar-refractivity contribution in [2.24, 2.45) is 0 Å². The lowest BCUT2D eigenvalue weighted by atomic mass is 10.2. The maximum Gasteiger partial charge on any atom is 0.420 e. The summed E-state index contributed by atoms with van der Waals surface area (Å²) in [5.74, 6) is 1.27. The molecular weight excluding hydrogens is 594 g/mol. The third-order valence-electron chi connectivity index (χ3n) is 6.31. The van der Waals surface area contributed by atoms with Gasteiger partial charge >= 0.3 is 6.09 Å². The van der Waals surface area contributed by atoms with Crippen molar-refractivity contribution in [2.75, 3.05) is 18.9 Å². The lowest BCUT2D eigenvalue weighted by Gasteiger charge is -2.20. The van der Waals surface area contributed by atoms with E-state index in [1.165, 1.54) is 35.9 Å². The van der Waals surface area contributed by atoms with Crippen LogP contribution in [-0.2, 0) is 21.3 Å². The van der Waals surface area contributed by atoms with Gasteiger partial charge in [0.05, 0.1) is 41.7 Å². The number of sulfonamides is 1. The summed E-state index contributed by atoms with van der Waals surface area (Å²) in [6, 6.07) is 20.2. The molecule has 0 fully saturated rings. The first kappa shape index (κ1) is 29.9. The molecule has 2 heterocycles. The number of halogens is 1. The van der Waals surface area contributed by atoms with Crippen molar-refractivity contribution in [1.29, 1.82) is 0 Å². The molecule has 0 saturated carbocycles. The van der Waals surface area contributed by atoms with Crippen LogP contribution in [0.15, 0.2) is 77.7 Å². The highest BCUT2D eigenvalue weighted by atomic mass is 35.5. The van der Waals surface area contributed by atoms with E-state index in [2.05, 4.69) is 9.82 Å². The first-order valence-corrected chi connectivity index (χ1v) is 15.0. The van der Waals surface area contributed by atoms with Crippen molar-refractivity contribution in [3.63, 3.8) is 0 Å². The van der Waals surface area contributed by atoms with Crippen LogP contribution < -0.4 is 14.2 Å². The van der Waals surface area contributed by atoms with Crippen molar-refractivity contribution in [1.82, 2.24) is 19.3 Å². The van der Waals surface area contributed by atoms with Gasteiger partial charge in [0.1, 0.15) is 22.8 Å². The van der Waals surface area contributed by atoms with Crippen molar-refractivity contribution < 1.29 is 27.4 Å². The Bertz CT molecular complexity index is 1910. The van der Waals surface area contributed by atoms with E-state index in [1.807, 2.05) is 30.3 Å². The number of anilines is 1. The third-order valence-corrected chi connectivity index (χ3v) is 7.96. The Balaban J connectivity index is 1.63. The minimum absolute atomic E-state index is 0.0123. The van der Waals surface area contributed by atoms with Gasteiger partial charge in [0, 0.05) is 6.07 Å². The number of para-hydroxylation sites is 2. The Labute approximate surface area is 254 Å². The largest absolute Gasteiger partial charge is 0.497 e. The van der Waals surface area contributed by atoms with E-state index in [-0.39, 0.29) is 28.1 Å². The fourth-order valence-corrected chi connectivity index (χ4v) is 5.71. The predicted molar refractivity (Wildman–Crippen MR) is 163 cm³/mol. The minimum atomic E-state index is -4.10. The van der Waals surface area contributed by atoms with Crippen LogP contribution in [0, 0.1) is 0 Å². The number of aromatic nitrogens is 4. The van der Waals surface area contributed by atoms with E-state index in [4.69, 9.17) is 30.8 Å². The molecule has 0 spiro atoms. The molecule has 1 N–H and O–H groups in total. The maximum atomic E-state index is 13.5. The molecule has 0 amide bonds. The van der Waals surface area contributed by atoms with Gasteiger partial charge in [-0.3, -0.25) is 9.40 Å². The molecule has 5 aromatic rings. The van der Waals surface area contributed by atoms with E-state index < -0.39 is 21.7 Å². The van der Waals surface area contributed by atoms with E-state index in [1.54, 1.807) is 50.8 Å². The van der Waals surface area contributed by atoms with E-state index in [0.29, 0.717) is 28.2 Å². The Morgan fingerprint density at radius 3 is 2.35 bits per heavy atom. The second-order valence-electron chi connectivity index (χ2n) is 10.6. The second-order valence-corrected chi connectivity index (χ2v) is 12.7. The molecule has 43 heavy (non-hydrogen) atoms. The monoisotopic (exact) mass is 623 g/mol. The van der Waals surface area contributed by atoms with Gasteiger partial charge in [-0.25, -0.2) is 22.8 Å². The first-order valence-electron chi connectivity index (χ1n) is 13.2. The normalized spacial score (nSPS) is 11.9. The zero-order chi connectivity index (χ0) is 30.9. The Kier molecular flexibility index (Phi) is 8.08. The number of hydrogen-bond donors (Lipinski definition) is 1. The van der Waals surface area contributed by atoms with Gasteiger partial charge < -0.3 is 14.2 Å². The molecule has 11 nitrogen and oxygen atoms in total. The third kappa shape index (κ3) is 6.45. The molecule has 224 valence electrons. The molecule has 0 aliphatic heterocycles. The number of carbonyl (C=O) groups excluding carboxylic acids is 1. The number of rotatable bonds is 8. The molecule has 13 heteroatoms. The number of methoxy groups -OCH3 is 2. The SMILES string of the molecule is COc1ccc(Cn2nc(NS(=O)(=O)c3ccc(OC)c(Cl)c3)cc2-c2nc3ccccc3n2C(=O)OC(C)(C)C)cc1. The van der Waals surface area contributed by atoms with Gasteiger partial charge in [-0.1, -0.05) is 35.9 Å². The minimum Gasteiger partial charge on any atom is -0.497 e. The maximum absolute atomic E-state index is 13.5. The van der Waals surface area contributed by atoms with Crippen molar-refractivity contribution in [2.45, 2.75) is 37.8 Å². The van der Waals surface area contributed by atoms with Crippen LogP contribution in [0.25, 0.3) is 22.6 Å². The van der Waals surface area contributed by atoms with E-state index in [0.717, 1.165) is 5.56 Å². The Morgan fingerprint density at radius 2 is 1.70 bits per heavy atom. The Morgan fingerprint density at radius 1 is 0.977 bits per heavy atom. The molecule has 0 aliphatic rings. The number of imidazole rings is 1. The number of nitrogens with one attached hydrogen (secondary N) is 1. The quantitative estimate of drug-likeness (QED) is 0.216. The van der Waals surface area contributed by atoms with E-state index in [9.17, 15) is 13.2 Å². The number of fused-ring (bicyclic) bond motifs is 1. The van der Waals surface area contributed by atoms with Gasteiger partial charge in [0.15, 0.2) is 11.6 Å². The summed E-state index contributed by atoms with van der Waals surface area (Å²) < 4.78 is 48.3. The fourth-order valence-electron chi connectivity index (χ4n) is 4.37. The first-order chi connectivity index (χ1) is 20.4. The topological polar surface area (TPSA) is 127 Å². The zero-order valence-electron chi connectivity index (χ0n) is 24.2. The van der Waals surface area contributed by atoms with Crippen molar-refractivity contribution in [3.8, 4) is 23.0 Å². The molecule has 0 saturated heterocycles. The fraction of sp³-hybridized carbons (Fsp3) is 0.233. The number of hydrogen-bond acceptors (Lipinski definition) is 8. The summed E-state index contributed by atoms with van der Waals surface area (Å²) in [4.78, 5) is 18.2. The van der Waals surface area contributed by atoms with Gasteiger partial charge in [0.25, 0.3) is 10.0 Å². The van der Waals surface area contributed by atoms with Crippen LogP contribution >= 0.6 is 11.6 Å². The summed E-state index contributed by atoms with van der Waals surface area (Å²) in [6.45, 7) is 5.55. The summed E-state index contributed by atoms with van der Waals surface area (Å²) in [7, 11) is -1.09. The average Bonchev–Trinajstić information content (AvgIpc) is 3.53. The Hall–Kier alpha value is -4.55. The summed E-state index contributed by atoms with van der Waals surface area (Å²) in [5.41, 5.74) is 1.53. The highest BCUT2D eigenvalue weighted by Gasteiger charge is 2.27. The number of carbonyl (C=O) groups is 1. The standard InChI is InChI=1S/C30H30ClN5O6S/c1-30(2,3)42-29(37)36-24-9-7-6-8-23(24)32-28(36)25-17-27(33-35(25)18-19-10-12-20(40-4)13-11-19)34-43(38,39)21-14-15-26(41-5)22(31)16-21/h6-17H,18H2,1-5H3,(H,33,34). The molecule has 0 atom stereocenters. The summed E-state index contributed by atoms with van der Waals surface area (Å²) >= 11 is 6.19. The molecular formula is C30H30ClN5O6S. The summed E-state index contributed by atoms with van der Waals surface area (Å²) in [5, 5.41) is 4.71. The van der Waals surface area contributed by atoms with Crippen LogP contribution in [0.4, 0.5) is 10.6 Å². The van der Waals surface area contributed by atoms with Crippen LogP contribution in [-0.4, -0.2) is 53.7 Å². The van der Waals surface area contributed by atoms with Gasteiger partial charge in [-0.15, -0.1) is 0 Å². The van der Waals surface area contributed by atoms with Crippen molar-refractivity contribution in [3.05, 3.63) is 83.4 Å². The molecule has 0 aliphatic carbocycles. The second kappa shape index (κ2) is 11.6. The predicted octanol–water partition coefficient (Wildman–Crippen LogP) is 6.20.